The van der Waals surface area contributed by atoms with Crippen LogP contribution in [0.3, 0.4) is 0 Å². The summed E-state index contributed by atoms with van der Waals surface area (Å²) in [6, 6.07) is 7.63. The largest absolute Gasteiger partial charge is 0.367 e. The second kappa shape index (κ2) is 9.08. The maximum absolute atomic E-state index is 13.1. The van der Waals surface area contributed by atoms with Crippen LogP contribution in [0.25, 0.3) is 0 Å². The van der Waals surface area contributed by atoms with Crippen molar-refractivity contribution < 1.29 is 18.4 Å². The van der Waals surface area contributed by atoms with Gasteiger partial charge in [-0.3, -0.25) is 9.59 Å². The van der Waals surface area contributed by atoms with E-state index in [9.17, 15) is 18.4 Å². The van der Waals surface area contributed by atoms with Gasteiger partial charge in [0, 0.05) is 30.9 Å². The Morgan fingerprint density at radius 3 is 2.54 bits per heavy atom. The predicted molar refractivity (Wildman–Crippen MR) is 89.1 cm³/mol. The van der Waals surface area contributed by atoms with Crippen LogP contribution in [0.2, 0.25) is 0 Å². The molecule has 0 aliphatic rings. The minimum Gasteiger partial charge on any atom is -0.367 e. The minimum absolute atomic E-state index is 0.212. The third-order valence-electron chi connectivity index (χ3n) is 3.20. The molecule has 0 radical (unpaired) electrons. The van der Waals surface area contributed by atoms with Crippen molar-refractivity contribution in [2.24, 2.45) is 0 Å². The molecule has 0 spiro atoms. The summed E-state index contributed by atoms with van der Waals surface area (Å²) >= 11 is 0. The van der Waals surface area contributed by atoms with Gasteiger partial charge in [0.25, 0.3) is 5.91 Å². The van der Waals surface area contributed by atoms with Crippen LogP contribution in [-0.2, 0) is 4.79 Å². The second-order valence-electron chi connectivity index (χ2n) is 5.13. The summed E-state index contributed by atoms with van der Waals surface area (Å²) in [5, 5.41) is 16.6. The molecule has 134 valence electrons. The number of carbonyl (C=O) groups excluding carboxylic acids is 2. The Labute approximate surface area is 148 Å². The molecule has 2 rings (SSSR count). The summed E-state index contributed by atoms with van der Waals surface area (Å²) in [7, 11) is 0. The summed E-state index contributed by atoms with van der Waals surface area (Å²) in [5.74, 6) is -2.58. The molecular formula is C17H15F2N5O2. The van der Waals surface area contributed by atoms with E-state index in [0.29, 0.717) is 24.0 Å². The van der Waals surface area contributed by atoms with Crippen molar-refractivity contribution in [1.82, 2.24) is 15.6 Å². The standard InChI is InChI=1S/C17H15F2N5O2/c18-13-6-12(7-14(19)8-13)17(26)24-10-15(25)21-4-5-23-16-11(9-20)2-1-3-22-16/h1-3,6-8H,4-5,10H2,(H,21,25)(H,22,23)(H,24,26). The monoisotopic (exact) mass is 359 g/mol. The van der Waals surface area contributed by atoms with Gasteiger partial charge in [-0.25, -0.2) is 13.8 Å². The normalized spacial score (nSPS) is 9.88. The number of hydrogen-bond donors (Lipinski definition) is 3. The number of nitrogens with zero attached hydrogens (tertiary/aromatic N) is 2. The van der Waals surface area contributed by atoms with E-state index >= 15 is 0 Å². The first-order valence-corrected chi connectivity index (χ1v) is 7.59. The smallest absolute Gasteiger partial charge is 0.251 e. The molecule has 7 nitrogen and oxygen atoms in total. The predicted octanol–water partition coefficient (Wildman–Crippen LogP) is 1.19. The van der Waals surface area contributed by atoms with Gasteiger partial charge in [0.05, 0.1) is 12.1 Å². The number of nitriles is 1. The Kier molecular flexibility index (Phi) is 6.56. The molecule has 1 heterocycles. The van der Waals surface area contributed by atoms with Crippen LogP contribution in [0.5, 0.6) is 0 Å². The van der Waals surface area contributed by atoms with E-state index < -0.39 is 23.4 Å². The van der Waals surface area contributed by atoms with Crippen LogP contribution in [-0.4, -0.2) is 36.4 Å². The Morgan fingerprint density at radius 1 is 1.12 bits per heavy atom. The maximum Gasteiger partial charge on any atom is 0.251 e. The molecular weight excluding hydrogens is 344 g/mol. The molecule has 1 aromatic heterocycles. The lowest BCUT2D eigenvalue weighted by Crippen LogP contribution is -2.38. The van der Waals surface area contributed by atoms with E-state index in [2.05, 4.69) is 20.9 Å². The number of nitrogens with one attached hydrogen (secondary N) is 3. The third kappa shape index (κ3) is 5.52. The number of halogens is 2. The van der Waals surface area contributed by atoms with Crippen molar-refractivity contribution in [3.63, 3.8) is 0 Å². The lowest BCUT2D eigenvalue weighted by atomic mass is 10.2. The first-order chi connectivity index (χ1) is 12.5. The highest BCUT2D eigenvalue weighted by molar-refractivity contribution is 5.96. The van der Waals surface area contributed by atoms with Gasteiger partial charge in [-0.2, -0.15) is 5.26 Å². The maximum atomic E-state index is 13.1. The fourth-order valence-corrected chi connectivity index (χ4v) is 2.03. The van der Waals surface area contributed by atoms with Crippen molar-refractivity contribution in [3.05, 3.63) is 59.3 Å². The Morgan fingerprint density at radius 2 is 1.85 bits per heavy atom. The van der Waals surface area contributed by atoms with Crippen LogP contribution < -0.4 is 16.0 Å². The van der Waals surface area contributed by atoms with Gasteiger partial charge in [-0.15, -0.1) is 0 Å². The molecule has 0 atom stereocenters. The molecule has 0 bridgehead atoms. The van der Waals surface area contributed by atoms with Crippen molar-refractivity contribution in [2.75, 3.05) is 25.0 Å². The average molecular weight is 359 g/mol. The van der Waals surface area contributed by atoms with Crippen LogP contribution in [0.4, 0.5) is 14.6 Å². The van der Waals surface area contributed by atoms with E-state index in [0.717, 1.165) is 12.1 Å². The van der Waals surface area contributed by atoms with E-state index in [1.54, 1.807) is 12.1 Å². The van der Waals surface area contributed by atoms with E-state index in [1.807, 2.05) is 6.07 Å². The van der Waals surface area contributed by atoms with E-state index in [-0.39, 0.29) is 18.7 Å². The summed E-state index contributed by atoms with van der Waals surface area (Å²) in [6.45, 7) is 0.204. The number of anilines is 1. The first kappa shape index (κ1) is 18.8. The zero-order chi connectivity index (χ0) is 18.9. The summed E-state index contributed by atoms with van der Waals surface area (Å²) < 4.78 is 26.1. The summed E-state index contributed by atoms with van der Waals surface area (Å²) in [4.78, 5) is 27.4. The minimum atomic E-state index is -0.878. The van der Waals surface area contributed by atoms with Gasteiger partial charge in [-0.05, 0) is 24.3 Å². The Bertz CT molecular complexity index is 831. The lowest BCUT2D eigenvalue weighted by molar-refractivity contribution is -0.120. The number of carbonyl (C=O) groups is 2. The highest BCUT2D eigenvalue weighted by Crippen LogP contribution is 2.09. The molecule has 0 fully saturated rings. The Hall–Kier alpha value is -3.54. The first-order valence-electron chi connectivity index (χ1n) is 7.59. The summed E-state index contributed by atoms with van der Waals surface area (Å²) in [6.07, 6.45) is 1.53. The molecule has 1 aromatic carbocycles. The van der Waals surface area contributed by atoms with Crippen LogP contribution >= 0.6 is 0 Å². The molecule has 0 aliphatic carbocycles. The van der Waals surface area contributed by atoms with Crippen LogP contribution in [0.15, 0.2) is 36.5 Å². The Balaban J connectivity index is 1.72. The molecule has 9 heteroatoms. The van der Waals surface area contributed by atoms with Crippen molar-refractivity contribution in [2.45, 2.75) is 0 Å². The van der Waals surface area contributed by atoms with Gasteiger partial charge in [0.15, 0.2) is 0 Å². The molecule has 0 unspecified atom stereocenters. The fraction of sp³-hybridized carbons (Fsp3) is 0.176. The van der Waals surface area contributed by atoms with E-state index in [1.165, 1.54) is 6.20 Å². The van der Waals surface area contributed by atoms with Crippen molar-refractivity contribution in [1.29, 1.82) is 5.26 Å². The van der Waals surface area contributed by atoms with Gasteiger partial charge in [0.1, 0.15) is 23.5 Å². The zero-order valence-electron chi connectivity index (χ0n) is 13.6. The van der Waals surface area contributed by atoms with Gasteiger partial charge < -0.3 is 16.0 Å². The molecule has 3 N–H and O–H groups in total. The van der Waals surface area contributed by atoms with E-state index in [4.69, 9.17) is 5.26 Å². The molecule has 0 aliphatic heterocycles. The topological polar surface area (TPSA) is 107 Å². The molecule has 0 saturated carbocycles. The summed E-state index contributed by atoms with van der Waals surface area (Å²) in [5.41, 5.74) is 0.171. The number of amides is 2. The molecule has 0 saturated heterocycles. The molecule has 2 amide bonds. The SMILES string of the molecule is N#Cc1cccnc1NCCNC(=O)CNC(=O)c1cc(F)cc(F)c1. The number of hydrogen-bond acceptors (Lipinski definition) is 5. The van der Waals surface area contributed by atoms with Crippen molar-refractivity contribution in [3.8, 4) is 6.07 Å². The van der Waals surface area contributed by atoms with Crippen molar-refractivity contribution >= 4 is 17.6 Å². The highest BCUT2D eigenvalue weighted by Gasteiger charge is 2.10. The lowest BCUT2D eigenvalue weighted by Gasteiger charge is -2.09. The molecule has 26 heavy (non-hydrogen) atoms. The number of benzene rings is 1. The van der Waals surface area contributed by atoms with Crippen LogP contribution in [0, 0.1) is 23.0 Å². The van der Waals surface area contributed by atoms with Gasteiger partial charge >= 0.3 is 0 Å². The van der Waals surface area contributed by atoms with Gasteiger partial charge in [0.2, 0.25) is 5.91 Å². The van der Waals surface area contributed by atoms with Gasteiger partial charge in [-0.1, -0.05) is 0 Å². The average Bonchev–Trinajstić information content (AvgIpc) is 2.62. The molecule has 2 aromatic rings. The zero-order valence-corrected chi connectivity index (χ0v) is 13.6. The third-order valence-corrected chi connectivity index (χ3v) is 3.20. The number of aromatic nitrogens is 1. The number of pyridine rings is 1. The number of rotatable bonds is 7. The quantitative estimate of drug-likeness (QED) is 0.644. The van der Waals surface area contributed by atoms with Crippen LogP contribution in [0.1, 0.15) is 15.9 Å². The second-order valence-corrected chi connectivity index (χ2v) is 5.13. The fourth-order valence-electron chi connectivity index (χ4n) is 2.03. The highest BCUT2D eigenvalue weighted by atomic mass is 19.1.